The zero-order valence-electron chi connectivity index (χ0n) is 15.2. The number of rotatable bonds is 6. The first kappa shape index (κ1) is 21.4. The maximum Gasteiger partial charge on any atom is 0.329 e. The maximum absolute atomic E-state index is 12.2. The maximum atomic E-state index is 12.2. The SMILES string of the molecule is C[C@H](N)C(=O)N[C@H](CCC(=O)OC(C)(C)C)C(=O)OC(C)(C)C. The Morgan fingerprint density at radius 3 is 1.87 bits per heavy atom. The van der Waals surface area contributed by atoms with Gasteiger partial charge in [-0.3, -0.25) is 9.59 Å². The van der Waals surface area contributed by atoms with E-state index >= 15 is 0 Å². The van der Waals surface area contributed by atoms with Gasteiger partial charge in [-0.25, -0.2) is 4.79 Å². The molecule has 0 aliphatic carbocycles. The quantitative estimate of drug-likeness (QED) is 0.710. The molecule has 0 aromatic rings. The fraction of sp³-hybridized carbons (Fsp3) is 0.812. The fourth-order valence-electron chi connectivity index (χ4n) is 1.58. The molecule has 0 unspecified atom stereocenters. The van der Waals surface area contributed by atoms with Crippen molar-refractivity contribution in [2.75, 3.05) is 0 Å². The van der Waals surface area contributed by atoms with Crippen molar-refractivity contribution in [1.29, 1.82) is 0 Å². The van der Waals surface area contributed by atoms with Crippen molar-refractivity contribution in [1.82, 2.24) is 5.32 Å². The van der Waals surface area contributed by atoms with E-state index in [-0.39, 0.29) is 12.8 Å². The molecule has 1 amide bonds. The van der Waals surface area contributed by atoms with Gasteiger partial charge in [0.1, 0.15) is 17.2 Å². The highest BCUT2D eigenvalue weighted by molar-refractivity contribution is 5.87. The summed E-state index contributed by atoms with van der Waals surface area (Å²) in [5, 5.41) is 2.51. The molecular formula is C16H30N2O5. The minimum absolute atomic E-state index is 0.0135. The van der Waals surface area contributed by atoms with Crippen molar-refractivity contribution in [2.24, 2.45) is 5.73 Å². The number of amides is 1. The first-order chi connectivity index (χ1) is 10.2. The van der Waals surface area contributed by atoms with Gasteiger partial charge in [-0.05, 0) is 54.9 Å². The van der Waals surface area contributed by atoms with Crippen molar-refractivity contribution in [3.8, 4) is 0 Å². The third-order valence-corrected chi connectivity index (χ3v) is 2.48. The molecule has 0 aliphatic rings. The number of carbonyl (C=O) groups is 3. The van der Waals surface area contributed by atoms with Crippen molar-refractivity contribution in [2.45, 2.75) is 84.6 Å². The van der Waals surface area contributed by atoms with Crippen LogP contribution in [0.1, 0.15) is 61.3 Å². The summed E-state index contributed by atoms with van der Waals surface area (Å²) in [4.78, 5) is 35.7. The number of nitrogens with two attached hydrogens (primary N) is 1. The Hall–Kier alpha value is -1.63. The molecule has 0 fully saturated rings. The third-order valence-electron chi connectivity index (χ3n) is 2.48. The van der Waals surface area contributed by atoms with Gasteiger partial charge in [0.15, 0.2) is 0 Å². The van der Waals surface area contributed by atoms with Gasteiger partial charge in [0, 0.05) is 6.42 Å². The Kier molecular flexibility index (Phi) is 7.70. The lowest BCUT2D eigenvalue weighted by molar-refractivity contribution is -0.160. The number of hydrogen-bond donors (Lipinski definition) is 2. The van der Waals surface area contributed by atoms with Gasteiger partial charge in [0.2, 0.25) is 5.91 Å². The Morgan fingerprint density at radius 2 is 1.48 bits per heavy atom. The summed E-state index contributed by atoms with van der Waals surface area (Å²) in [5.41, 5.74) is 4.20. The van der Waals surface area contributed by atoms with Gasteiger partial charge in [-0.1, -0.05) is 0 Å². The smallest absolute Gasteiger partial charge is 0.329 e. The lowest BCUT2D eigenvalue weighted by Crippen LogP contribution is -2.49. The van der Waals surface area contributed by atoms with Crippen molar-refractivity contribution < 1.29 is 23.9 Å². The van der Waals surface area contributed by atoms with Crippen LogP contribution in [0.4, 0.5) is 0 Å². The molecule has 0 heterocycles. The second-order valence-corrected chi connectivity index (χ2v) is 7.51. The van der Waals surface area contributed by atoms with Crippen molar-refractivity contribution >= 4 is 17.8 Å². The molecule has 0 aliphatic heterocycles. The molecule has 0 aromatic heterocycles. The van der Waals surface area contributed by atoms with E-state index in [2.05, 4.69) is 5.32 Å². The van der Waals surface area contributed by atoms with Crippen LogP contribution in [0.3, 0.4) is 0 Å². The average molecular weight is 330 g/mol. The summed E-state index contributed by atoms with van der Waals surface area (Å²) >= 11 is 0. The highest BCUT2D eigenvalue weighted by Gasteiger charge is 2.28. The van der Waals surface area contributed by atoms with E-state index < -0.39 is 41.1 Å². The van der Waals surface area contributed by atoms with Crippen LogP contribution < -0.4 is 11.1 Å². The molecule has 3 N–H and O–H groups in total. The molecule has 0 saturated carbocycles. The highest BCUT2D eigenvalue weighted by atomic mass is 16.6. The molecule has 134 valence electrons. The predicted molar refractivity (Wildman–Crippen MR) is 86.5 cm³/mol. The van der Waals surface area contributed by atoms with Crippen LogP contribution in [0.5, 0.6) is 0 Å². The lowest BCUT2D eigenvalue weighted by atomic mass is 10.1. The van der Waals surface area contributed by atoms with Crippen molar-refractivity contribution in [3.63, 3.8) is 0 Å². The van der Waals surface area contributed by atoms with Crippen LogP contribution in [-0.2, 0) is 23.9 Å². The van der Waals surface area contributed by atoms with Crippen LogP contribution in [0.15, 0.2) is 0 Å². The lowest BCUT2D eigenvalue weighted by Gasteiger charge is -2.25. The Bertz CT molecular complexity index is 433. The van der Waals surface area contributed by atoms with Gasteiger partial charge in [-0.15, -0.1) is 0 Å². The monoisotopic (exact) mass is 330 g/mol. The largest absolute Gasteiger partial charge is 0.460 e. The number of hydrogen-bond acceptors (Lipinski definition) is 6. The molecule has 7 nitrogen and oxygen atoms in total. The Balaban J connectivity index is 4.82. The van der Waals surface area contributed by atoms with Gasteiger partial charge in [0.05, 0.1) is 6.04 Å². The number of nitrogens with one attached hydrogen (secondary N) is 1. The minimum atomic E-state index is -0.944. The van der Waals surface area contributed by atoms with E-state index in [0.29, 0.717) is 0 Å². The van der Waals surface area contributed by atoms with Gasteiger partial charge in [0.25, 0.3) is 0 Å². The highest BCUT2D eigenvalue weighted by Crippen LogP contribution is 2.13. The van der Waals surface area contributed by atoms with Crippen LogP contribution in [0.25, 0.3) is 0 Å². The molecular weight excluding hydrogens is 300 g/mol. The summed E-state index contributed by atoms with van der Waals surface area (Å²) in [6.07, 6.45) is 0.0721. The molecule has 0 spiro atoms. The summed E-state index contributed by atoms with van der Waals surface area (Å²) < 4.78 is 10.5. The molecule has 7 heteroatoms. The summed E-state index contributed by atoms with van der Waals surface area (Å²) in [5.74, 6) is -1.53. The van der Waals surface area contributed by atoms with Gasteiger partial charge < -0.3 is 20.5 Å². The first-order valence-electron chi connectivity index (χ1n) is 7.72. The zero-order chi connectivity index (χ0) is 18.4. The molecule has 0 radical (unpaired) electrons. The molecule has 23 heavy (non-hydrogen) atoms. The second-order valence-electron chi connectivity index (χ2n) is 7.51. The molecule has 0 rings (SSSR count). The number of esters is 2. The summed E-state index contributed by atoms with van der Waals surface area (Å²) in [6, 6.07) is -1.71. The second kappa shape index (κ2) is 8.29. The van der Waals surface area contributed by atoms with E-state index in [1.54, 1.807) is 41.5 Å². The molecule has 2 atom stereocenters. The van der Waals surface area contributed by atoms with Gasteiger partial charge >= 0.3 is 11.9 Å². The minimum Gasteiger partial charge on any atom is -0.460 e. The van der Waals surface area contributed by atoms with Crippen LogP contribution in [-0.4, -0.2) is 41.1 Å². The van der Waals surface area contributed by atoms with Gasteiger partial charge in [-0.2, -0.15) is 0 Å². The van der Waals surface area contributed by atoms with Crippen molar-refractivity contribution in [3.05, 3.63) is 0 Å². The number of carbonyl (C=O) groups excluding carboxylic acids is 3. The molecule has 0 bridgehead atoms. The van der Waals surface area contributed by atoms with E-state index in [1.807, 2.05) is 0 Å². The zero-order valence-corrected chi connectivity index (χ0v) is 15.2. The topological polar surface area (TPSA) is 108 Å². The van der Waals surface area contributed by atoms with Crippen LogP contribution in [0, 0.1) is 0 Å². The standard InChI is InChI=1S/C16H30N2O5/c1-10(17)13(20)18-11(14(21)23-16(5,6)7)8-9-12(19)22-15(2,3)4/h10-11H,8-9,17H2,1-7H3,(H,18,20)/t10-,11+/m0/s1. The predicted octanol–water partition coefficient (Wildman–Crippen LogP) is 1.28. The summed E-state index contributed by atoms with van der Waals surface area (Å²) in [7, 11) is 0. The van der Waals surface area contributed by atoms with E-state index in [1.165, 1.54) is 6.92 Å². The molecule has 0 saturated heterocycles. The fourth-order valence-corrected chi connectivity index (χ4v) is 1.58. The van der Waals surface area contributed by atoms with E-state index in [9.17, 15) is 14.4 Å². The molecule has 0 aromatic carbocycles. The Morgan fingerprint density at radius 1 is 1.00 bits per heavy atom. The first-order valence-corrected chi connectivity index (χ1v) is 7.72. The van der Waals surface area contributed by atoms with Crippen LogP contribution >= 0.6 is 0 Å². The van der Waals surface area contributed by atoms with E-state index in [4.69, 9.17) is 15.2 Å². The Labute approximate surface area is 138 Å². The summed E-state index contributed by atoms with van der Waals surface area (Å²) in [6.45, 7) is 12.0. The third kappa shape index (κ3) is 10.7. The van der Waals surface area contributed by atoms with Crippen LogP contribution in [0.2, 0.25) is 0 Å². The van der Waals surface area contributed by atoms with E-state index in [0.717, 1.165) is 0 Å². The number of ether oxygens (including phenoxy) is 2. The normalized spacial score (nSPS) is 14.6. The average Bonchev–Trinajstić information content (AvgIpc) is 2.29.